The third kappa shape index (κ3) is 4.41. The molecule has 3 N–H and O–H groups in total. The second kappa shape index (κ2) is 8.12. The van der Waals surface area contributed by atoms with Gasteiger partial charge in [-0.25, -0.2) is 9.78 Å². The SMILES string of the molecule is Cc1cc(NC(=O)Nc2ccccc2)cc2sc(NC(=O)c3ccccc3)nc12. The summed E-state index contributed by atoms with van der Waals surface area (Å²) in [7, 11) is 0. The highest BCUT2D eigenvalue weighted by Gasteiger charge is 2.13. The number of benzene rings is 3. The number of hydrogen-bond acceptors (Lipinski definition) is 4. The van der Waals surface area contributed by atoms with Gasteiger partial charge < -0.3 is 10.6 Å². The van der Waals surface area contributed by atoms with E-state index in [9.17, 15) is 9.59 Å². The summed E-state index contributed by atoms with van der Waals surface area (Å²) in [5.41, 5.74) is 3.66. The predicted molar refractivity (Wildman–Crippen MR) is 118 cm³/mol. The zero-order valence-corrected chi connectivity index (χ0v) is 16.4. The van der Waals surface area contributed by atoms with Crippen LogP contribution in [-0.2, 0) is 0 Å². The summed E-state index contributed by atoms with van der Waals surface area (Å²) in [6.07, 6.45) is 0. The summed E-state index contributed by atoms with van der Waals surface area (Å²) in [6, 6.07) is 21.6. The highest BCUT2D eigenvalue weighted by Crippen LogP contribution is 2.31. The van der Waals surface area contributed by atoms with Gasteiger partial charge >= 0.3 is 6.03 Å². The molecule has 0 aliphatic heterocycles. The number of nitrogens with one attached hydrogen (secondary N) is 3. The van der Waals surface area contributed by atoms with Gasteiger partial charge in [0.15, 0.2) is 5.13 Å². The van der Waals surface area contributed by atoms with Gasteiger partial charge in [0.25, 0.3) is 5.91 Å². The van der Waals surface area contributed by atoms with E-state index in [0.717, 1.165) is 15.8 Å². The lowest BCUT2D eigenvalue weighted by atomic mass is 10.2. The lowest BCUT2D eigenvalue weighted by molar-refractivity contribution is 0.102. The maximum absolute atomic E-state index is 12.4. The van der Waals surface area contributed by atoms with Crippen LogP contribution in [0, 0.1) is 6.92 Å². The average Bonchev–Trinajstić information content (AvgIpc) is 3.12. The molecule has 3 aromatic carbocycles. The van der Waals surface area contributed by atoms with Crippen molar-refractivity contribution in [2.24, 2.45) is 0 Å². The first-order valence-corrected chi connectivity index (χ1v) is 9.81. The van der Waals surface area contributed by atoms with E-state index < -0.39 is 0 Å². The third-order valence-corrected chi connectivity index (χ3v) is 5.15. The smallest absolute Gasteiger partial charge is 0.308 e. The van der Waals surface area contributed by atoms with Crippen LogP contribution < -0.4 is 16.0 Å². The summed E-state index contributed by atoms with van der Waals surface area (Å²) < 4.78 is 0.878. The zero-order chi connectivity index (χ0) is 20.2. The topological polar surface area (TPSA) is 83.1 Å². The number of fused-ring (bicyclic) bond motifs is 1. The van der Waals surface area contributed by atoms with Gasteiger partial charge in [0.1, 0.15) is 0 Å². The van der Waals surface area contributed by atoms with Gasteiger partial charge in [0.05, 0.1) is 10.2 Å². The molecule has 7 heteroatoms. The van der Waals surface area contributed by atoms with E-state index in [1.807, 2.05) is 67.6 Å². The van der Waals surface area contributed by atoms with Crippen LogP contribution in [0.3, 0.4) is 0 Å². The Kier molecular flexibility index (Phi) is 5.22. The molecular weight excluding hydrogens is 384 g/mol. The van der Waals surface area contributed by atoms with Crippen molar-refractivity contribution in [3.63, 3.8) is 0 Å². The van der Waals surface area contributed by atoms with Gasteiger partial charge in [-0.1, -0.05) is 47.7 Å². The number of carbonyl (C=O) groups excluding carboxylic acids is 2. The fraction of sp³-hybridized carbons (Fsp3) is 0.0455. The lowest BCUT2D eigenvalue weighted by Gasteiger charge is -2.08. The van der Waals surface area contributed by atoms with Gasteiger partial charge in [0, 0.05) is 16.9 Å². The molecule has 0 bridgehead atoms. The minimum absolute atomic E-state index is 0.206. The third-order valence-electron chi connectivity index (χ3n) is 4.23. The first-order chi connectivity index (χ1) is 14.1. The number of hydrogen-bond donors (Lipinski definition) is 3. The molecule has 0 fully saturated rings. The van der Waals surface area contributed by atoms with Gasteiger partial charge in [-0.15, -0.1) is 0 Å². The first-order valence-electron chi connectivity index (χ1n) is 8.99. The van der Waals surface area contributed by atoms with Crippen LogP contribution in [0.2, 0.25) is 0 Å². The van der Waals surface area contributed by atoms with Gasteiger partial charge in [-0.2, -0.15) is 0 Å². The molecule has 0 aliphatic carbocycles. The Morgan fingerprint density at radius 2 is 1.48 bits per heavy atom. The van der Waals surface area contributed by atoms with E-state index in [4.69, 9.17) is 0 Å². The van der Waals surface area contributed by atoms with E-state index in [-0.39, 0.29) is 11.9 Å². The van der Waals surface area contributed by atoms with E-state index in [2.05, 4.69) is 20.9 Å². The lowest BCUT2D eigenvalue weighted by Crippen LogP contribution is -2.19. The Bertz CT molecular complexity index is 1170. The number of para-hydroxylation sites is 1. The van der Waals surface area contributed by atoms with Crippen LogP contribution >= 0.6 is 11.3 Å². The van der Waals surface area contributed by atoms with Crippen molar-refractivity contribution in [3.05, 3.63) is 83.9 Å². The molecule has 1 aromatic heterocycles. The summed E-state index contributed by atoms with van der Waals surface area (Å²) in [5, 5.41) is 8.98. The van der Waals surface area contributed by atoms with E-state index in [0.29, 0.717) is 22.1 Å². The number of anilines is 3. The van der Waals surface area contributed by atoms with Crippen molar-refractivity contribution in [2.45, 2.75) is 6.92 Å². The number of amides is 3. The second-order valence-electron chi connectivity index (χ2n) is 6.42. The number of nitrogens with zero attached hydrogens (tertiary/aromatic N) is 1. The Morgan fingerprint density at radius 3 is 2.21 bits per heavy atom. The number of carbonyl (C=O) groups is 2. The molecule has 0 radical (unpaired) electrons. The van der Waals surface area contributed by atoms with Gasteiger partial charge in [-0.05, 0) is 48.9 Å². The van der Waals surface area contributed by atoms with E-state index in [1.54, 1.807) is 12.1 Å². The average molecular weight is 402 g/mol. The van der Waals surface area contributed by atoms with Gasteiger partial charge in [0.2, 0.25) is 0 Å². The van der Waals surface area contributed by atoms with Crippen molar-refractivity contribution >= 4 is 50.0 Å². The molecule has 0 saturated carbocycles. The number of rotatable bonds is 4. The standard InChI is InChI=1S/C22H18N4O2S/c1-14-12-17(24-21(28)23-16-10-6-3-7-11-16)13-18-19(14)25-22(29-18)26-20(27)15-8-4-2-5-9-15/h2-13H,1H3,(H2,23,24,28)(H,25,26,27). The number of aromatic nitrogens is 1. The molecule has 4 aromatic rings. The fourth-order valence-corrected chi connectivity index (χ4v) is 3.87. The minimum Gasteiger partial charge on any atom is -0.308 e. The predicted octanol–water partition coefficient (Wildman–Crippen LogP) is 5.50. The van der Waals surface area contributed by atoms with Crippen LogP contribution in [0.1, 0.15) is 15.9 Å². The molecule has 6 nitrogen and oxygen atoms in total. The van der Waals surface area contributed by atoms with Crippen molar-refractivity contribution in [2.75, 3.05) is 16.0 Å². The van der Waals surface area contributed by atoms with Crippen molar-refractivity contribution in [3.8, 4) is 0 Å². The molecular formula is C22H18N4O2S. The Balaban J connectivity index is 1.51. The number of urea groups is 1. The molecule has 0 unspecified atom stereocenters. The van der Waals surface area contributed by atoms with Crippen LogP contribution in [-0.4, -0.2) is 16.9 Å². The second-order valence-corrected chi connectivity index (χ2v) is 7.45. The monoisotopic (exact) mass is 402 g/mol. The highest BCUT2D eigenvalue weighted by atomic mass is 32.1. The minimum atomic E-state index is -0.322. The largest absolute Gasteiger partial charge is 0.323 e. The number of aryl methyl sites for hydroxylation is 1. The molecule has 0 aliphatic rings. The normalized spacial score (nSPS) is 10.5. The van der Waals surface area contributed by atoms with Gasteiger partial charge in [-0.3, -0.25) is 10.1 Å². The summed E-state index contributed by atoms with van der Waals surface area (Å²) in [4.78, 5) is 29.1. The summed E-state index contributed by atoms with van der Waals surface area (Å²) in [5.74, 6) is -0.206. The molecule has 0 spiro atoms. The highest BCUT2D eigenvalue weighted by molar-refractivity contribution is 7.22. The van der Waals surface area contributed by atoms with E-state index in [1.165, 1.54) is 11.3 Å². The van der Waals surface area contributed by atoms with E-state index >= 15 is 0 Å². The summed E-state index contributed by atoms with van der Waals surface area (Å²) >= 11 is 1.36. The molecule has 3 amide bonds. The molecule has 0 saturated heterocycles. The van der Waals surface area contributed by atoms with Crippen LogP contribution in [0.4, 0.5) is 21.3 Å². The zero-order valence-electron chi connectivity index (χ0n) is 15.6. The Morgan fingerprint density at radius 1 is 0.828 bits per heavy atom. The summed E-state index contributed by atoms with van der Waals surface area (Å²) in [6.45, 7) is 1.92. The van der Waals surface area contributed by atoms with Crippen LogP contribution in [0.5, 0.6) is 0 Å². The van der Waals surface area contributed by atoms with Crippen LogP contribution in [0.25, 0.3) is 10.2 Å². The molecule has 0 atom stereocenters. The fourth-order valence-electron chi connectivity index (χ4n) is 2.90. The Hall–Kier alpha value is -3.71. The van der Waals surface area contributed by atoms with Crippen molar-refractivity contribution in [1.29, 1.82) is 0 Å². The van der Waals surface area contributed by atoms with Crippen molar-refractivity contribution in [1.82, 2.24) is 4.98 Å². The first kappa shape index (κ1) is 18.6. The maximum atomic E-state index is 12.4. The molecule has 4 rings (SSSR count). The Labute approximate surface area is 171 Å². The van der Waals surface area contributed by atoms with Crippen LogP contribution in [0.15, 0.2) is 72.8 Å². The maximum Gasteiger partial charge on any atom is 0.323 e. The molecule has 144 valence electrons. The number of thiazole rings is 1. The quantitative estimate of drug-likeness (QED) is 0.421. The molecule has 29 heavy (non-hydrogen) atoms. The van der Waals surface area contributed by atoms with Crippen molar-refractivity contribution < 1.29 is 9.59 Å². The molecule has 1 heterocycles.